The summed E-state index contributed by atoms with van der Waals surface area (Å²) in [4.78, 5) is 36.8. The SMILES string of the molecule is CC(C)c1cc(C(=O)O)nn1CC=O.CNC(Cc1cc(F)cc(F)c1)c1ncccc1-c1ccc(F)c(C(N)=O)c1. The summed E-state index contributed by atoms with van der Waals surface area (Å²) in [6.07, 6.45) is 2.57. The summed E-state index contributed by atoms with van der Waals surface area (Å²) >= 11 is 0. The Bertz CT molecular complexity index is 1570. The summed E-state index contributed by atoms with van der Waals surface area (Å²) in [6.45, 7) is 3.94. The first-order valence-corrected chi connectivity index (χ1v) is 12.9. The average molecular weight is 582 g/mol. The molecule has 0 aliphatic heterocycles. The van der Waals surface area contributed by atoms with E-state index in [0.717, 1.165) is 11.8 Å². The minimum absolute atomic E-state index is 0.0180. The number of carbonyl (C=O) groups is 3. The molecule has 4 rings (SSSR count). The van der Waals surface area contributed by atoms with Crippen LogP contribution in [0.2, 0.25) is 0 Å². The van der Waals surface area contributed by atoms with Crippen LogP contribution in [0.15, 0.2) is 60.8 Å². The molecule has 0 saturated heterocycles. The predicted molar refractivity (Wildman–Crippen MR) is 149 cm³/mol. The van der Waals surface area contributed by atoms with Gasteiger partial charge in [-0.15, -0.1) is 0 Å². The Labute approximate surface area is 240 Å². The van der Waals surface area contributed by atoms with E-state index in [1.54, 1.807) is 25.4 Å². The summed E-state index contributed by atoms with van der Waals surface area (Å²) in [7, 11) is 1.71. The molecule has 0 spiro atoms. The molecule has 0 aliphatic rings. The number of hydrogen-bond donors (Lipinski definition) is 3. The van der Waals surface area contributed by atoms with Gasteiger partial charge in [0.15, 0.2) is 5.69 Å². The predicted octanol–water partition coefficient (Wildman–Crippen LogP) is 4.67. The summed E-state index contributed by atoms with van der Waals surface area (Å²) in [5.74, 6) is -3.81. The Kier molecular flexibility index (Phi) is 10.7. The van der Waals surface area contributed by atoms with E-state index in [9.17, 15) is 27.6 Å². The summed E-state index contributed by atoms with van der Waals surface area (Å²) in [5, 5.41) is 15.6. The van der Waals surface area contributed by atoms with Crippen molar-refractivity contribution in [1.29, 1.82) is 0 Å². The Balaban J connectivity index is 0.000000291. The zero-order valence-electron chi connectivity index (χ0n) is 23.1. The number of carbonyl (C=O) groups excluding carboxylic acids is 2. The van der Waals surface area contributed by atoms with Crippen molar-refractivity contribution in [2.75, 3.05) is 7.05 Å². The molecule has 0 aliphatic carbocycles. The molecular weight excluding hydrogens is 551 g/mol. The molecule has 0 radical (unpaired) electrons. The van der Waals surface area contributed by atoms with Gasteiger partial charge in [0.1, 0.15) is 23.7 Å². The van der Waals surface area contributed by atoms with E-state index in [0.29, 0.717) is 28.7 Å². The van der Waals surface area contributed by atoms with Crippen LogP contribution in [0.4, 0.5) is 13.2 Å². The Morgan fingerprint density at radius 3 is 2.33 bits per heavy atom. The molecule has 2 aromatic heterocycles. The van der Waals surface area contributed by atoms with Gasteiger partial charge in [-0.05, 0) is 66.9 Å². The van der Waals surface area contributed by atoms with E-state index in [1.807, 2.05) is 13.8 Å². The van der Waals surface area contributed by atoms with Crippen molar-refractivity contribution in [3.05, 3.63) is 106 Å². The zero-order valence-corrected chi connectivity index (χ0v) is 23.1. The Hall–Kier alpha value is -4.84. The number of likely N-dealkylation sites (N-methyl/N-ethyl adjacent to an activating group) is 1. The van der Waals surface area contributed by atoms with Crippen molar-refractivity contribution in [1.82, 2.24) is 20.1 Å². The first-order chi connectivity index (χ1) is 19.9. The molecule has 42 heavy (non-hydrogen) atoms. The first-order valence-electron chi connectivity index (χ1n) is 12.9. The van der Waals surface area contributed by atoms with Crippen molar-refractivity contribution in [2.45, 2.75) is 38.8 Å². The van der Waals surface area contributed by atoms with Crippen molar-refractivity contribution in [3.8, 4) is 11.1 Å². The molecule has 4 N–H and O–H groups in total. The van der Waals surface area contributed by atoms with Gasteiger partial charge in [0.05, 0.1) is 23.8 Å². The van der Waals surface area contributed by atoms with E-state index in [1.165, 1.54) is 41.1 Å². The lowest BCUT2D eigenvalue weighted by Crippen LogP contribution is -2.21. The fraction of sp³-hybridized carbons (Fsp3) is 0.233. The highest BCUT2D eigenvalue weighted by molar-refractivity contribution is 5.94. The van der Waals surface area contributed by atoms with Gasteiger partial charge in [-0.3, -0.25) is 14.5 Å². The monoisotopic (exact) mass is 581 g/mol. The Morgan fingerprint density at radius 1 is 1.07 bits per heavy atom. The molecule has 2 aromatic carbocycles. The highest BCUT2D eigenvalue weighted by Crippen LogP contribution is 2.30. The van der Waals surface area contributed by atoms with Crippen LogP contribution in [-0.4, -0.2) is 45.1 Å². The molecule has 1 unspecified atom stereocenters. The highest BCUT2D eigenvalue weighted by Gasteiger charge is 2.19. The number of aldehydes is 1. The van der Waals surface area contributed by atoms with Crippen LogP contribution in [0.5, 0.6) is 0 Å². The normalized spacial score (nSPS) is 11.5. The molecule has 0 saturated carbocycles. The number of nitrogens with one attached hydrogen (secondary N) is 1. The van der Waals surface area contributed by atoms with E-state index in [-0.39, 0.29) is 36.2 Å². The second-order valence-corrected chi connectivity index (χ2v) is 9.58. The van der Waals surface area contributed by atoms with Crippen LogP contribution >= 0.6 is 0 Å². The van der Waals surface area contributed by atoms with Crippen LogP contribution in [0.25, 0.3) is 11.1 Å². The second kappa shape index (κ2) is 14.2. The average Bonchev–Trinajstić information content (AvgIpc) is 3.37. The quantitative estimate of drug-likeness (QED) is 0.231. The van der Waals surface area contributed by atoms with E-state index >= 15 is 0 Å². The van der Waals surface area contributed by atoms with Gasteiger partial charge in [-0.1, -0.05) is 26.0 Å². The standard InChI is InChI=1S/C21H18F3N3O.C9H12N2O3/c1-26-19(9-12-7-14(22)11-15(23)8-12)20-16(3-2-6-27-20)13-4-5-18(24)17(10-13)21(25)28;1-6(2)8-5-7(9(13)14)10-11(8)3-4-12/h2-8,10-11,19,26H,9H2,1H3,(H2,25,28);4-6H,3H2,1-2H3,(H,13,14). The molecule has 2 heterocycles. The first kappa shape index (κ1) is 31.7. The van der Waals surface area contributed by atoms with Gasteiger partial charge in [-0.25, -0.2) is 18.0 Å². The van der Waals surface area contributed by atoms with Crippen molar-refractivity contribution >= 4 is 18.2 Å². The number of primary amides is 1. The lowest BCUT2D eigenvalue weighted by molar-refractivity contribution is -0.108. The number of aromatic carboxylic acids is 1. The van der Waals surface area contributed by atoms with Gasteiger partial charge in [0.2, 0.25) is 0 Å². The second-order valence-electron chi connectivity index (χ2n) is 9.58. The lowest BCUT2D eigenvalue weighted by atomic mass is 9.94. The number of halogens is 3. The number of nitrogens with zero attached hydrogens (tertiary/aromatic N) is 3. The topological polar surface area (TPSA) is 140 Å². The molecule has 0 fully saturated rings. The van der Waals surface area contributed by atoms with Crippen LogP contribution in [0.1, 0.15) is 63.6 Å². The van der Waals surface area contributed by atoms with Gasteiger partial charge in [0.25, 0.3) is 5.91 Å². The minimum atomic E-state index is -1.07. The smallest absolute Gasteiger partial charge is 0.356 e. The van der Waals surface area contributed by atoms with Gasteiger partial charge < -0.3 is 21.0 Å². The number of benzene rings is 2. The molecule has 220 valence electrons. The van der Waals surface area contributed by atoms with E-state index in [2.05, 4.69) is 15.4 Å². The number of pyridine rings is 1. The number of carboxylic acids is 1. The van der Waals surface area contributed by atoms with Crippen molar-refractivity contribution < 1.29 is 32.7 Å². The number of amides is 1. The number of rotatable bonds is 10. The van der Waals surface area contributed by atoms with E-state index in [4.69, 9.17) is 10.8 Å². The fourth-order valence-electron chi connectivity index (χ4n) is 4.34. The number of carboxylic acid groups (broad SMARTS) is 1. The molecule has 12 heteroatoms. The van der Waals surface area contributed by atoms with E-state index < -0.39 is 29.3 Å². The van der Waals surface area contributed by atoms with Crippen molar-refractivity contribution in [3.63, 3.8) is 0 Å². The van der Waals surface area contributed by atoms with Crippen LogP contribution in [0.3, 0.4) is 0 Å². The summed E-state index contributed by atoms with van der Waals surface area (Å²) in [6, 6.07) is 12.0. The third-order valence-electron chi connectivity index (χ3n) is 6.29. The number of nitrogens with two attached hydrogens (primary N) is 1. The molecule has 1 atom stereocenters. The third kappa shape index (κ3) is 7.88. The molecule has 0 bridgehead atoms. The van der Waals surface area contributed by atoms with Gasteiger partial charge >= 0.3 is 5.97 Å². The molecule has 4 aromatic rings. The molecular formula is C30H30F3N5O4. The lowest BCUT2D eigenvalue weighted by Gasteiger charge is -2.19. The molecule has 1 amide bonds. The van der Waals surface area contributed by atoms with Gasteiger partial charge in [-0.2, -0.15) is 5.10 Å². The maximum atomic E-state index is 13.8. The maximum Gasteiger partial charge on any atom is 0.356 e. The zero-order chi connectivity index (χ0) is 31.0. The minimum Gasteiger partial charge on any atom is -0.476 e. The fourth-order valence-corrected chi connectivity index (χ4v) is 4.34. The number of hydrogen-bond acceptors (Lipinski definition) is 6. The largest absolute Gasteiger partial charge is 0.476 e. The maximum absolute atomic E-state index is 13.8. The summed E-state index contributed by atoms with van der Waals surface area (Å²) in [5.41, 5.74) is 8.03. The van der Waals surface area contributed by atoms with Crippen molar-refractivity contribution in [2.24, 2.45) is 5.73 Å². The van der Waals surface area contributed by atoms with Crippen LogP contribution in [0, 0.1) is 17.5 Å². The van der Waals surface area contributed by atoms with Crippen LogP contribution in [-0.2, 0) is 17.8 Å². The number of aromatic nitrogens is 3. The van der Waals surface area contributed by atoms with Crippen LogP contribution < -0.4 is 11.1 Å². The third-order valence-corrected chi connectivity index (χ3v) is 6.29. The molecule has 9 nitrogen and oxygen atoms in total. The Morgan fingerprint density at radius 2 is 1.76 bits per heavy atom. The highest BCUT2D eigenvalue weighted by atomic mass is 19.1. The summed E-state index contributed by atoms with van der Waals surface area (Å²) < 4.78 is 42.3. The van der Waals surface area contributed by atoms with Gasteiger partial charge in [0, 0.05) is 23.5 Å².